The Morgan fingerprint density at radius 3 is 2.96 bits per heavy atom. The van der Waals surface area contributed by atoms with Crippen LogP contribution in [0.5, 0.6) is 0 Å². The highest BCUT2D eigenvalue weighted by molar-refractivity contribution is 9.10. The Labute approximate surface area is 169 Å². The maximum atomic E-state index is 12.3. The molecule has 0 aliphatic carbocycles. The van der Waals surface area contributed by atoms with Gasteiger partial charge in [0.05, 0.1) is 16.1 Å². The van der Waals surface area contributed by atoms with E-state index in [0.717, 1.165) is 58.5 Å². The smallest absolute Gasteiger partial charge is 0.281 e. The Hall–Kier alpha value is -1.25. The van der Waals surface area contributed by atoms with Crippen molar-refractivity contribution in [3.05, 3.63) is 40.0 Å². The number of hydrogen-bond acceptors (Lipinski definition) is 5. The number of pyridine rings is 1. The van der Waals surface area contributed by atoms with Gasteiger partial charge in [0.25, 0.3) is 11.1 Å². The van der Waals surface area contributed by atoms with Crippen LogP contribution in [-0.4, -0.2) is 37.7 Å². The fourth-order valence-electron chi connectivity index (χ4n) is 2.64. The highest BCUT2D eigenvalue weighted by Gasteiger charge is 2.34. The van der Waals surface area contributed by atoms with E-state index in [4.69, 9.17) is 0 Å². The van der Waals surface area contributed by atoms with E-state index in [0.29, 0.717) is 11.4 Å². The number of halogens is 1. The summed E-state index contributed by atoms with van der Waals surface area (Å²) < 4.78 is 3.01. The van der Waals surface area contributed by atoms with Crippen molar-refractivity contribution >= 4 is 56.2 Å². The van der Waals surface area contributed by atoms with Gasteiger partial charge in [-0.2, -0.15) is 0 Å². The Balaban J connectivity index is 1.48. The second-order valence-corrected chi connectivity index (χ2v) is 8.80. The zero-order chi connectivity index (χ0) is 18.5. The predicted molar refractivity (Wildman–Crippen MR) is 111 cm³/mol. The zero-order valence-electron chi connectivity index (χ0n) is 14.5. The van der Waals surface area contributed by atoms with Gasteiger partial charge >= 0.3 is 0 Å². The lowest BCUT2D eigenvalue weighted by Crippen LogP contribution is -2.29. The number of nitrogens with zero attached hydrogens (tertiary/aromatic N) is 3. The number of hydrogen-bond donors (Lipinski definition) is 0. The second kappa shape index (κ2) is 9.10. The van der Waals surface area contributed by atoms with Crippen molar-refractivity contribution in [2.45, 2.75) is 37.6 Å². The van der Waals surface area contributed by atoms with Gasteiger partial charge in [0.1, 0.15) is 10.3 Å². The van der Waals surface area contributed by atoms with Crippen LogP contribution in [0.2, 0.25) is 0 Å². The van der Waals surface area contributed by atoms with Gasteiger partial charge in [-0.05, 0) is 64.8 Å². The number of imidazole rings is 1. The van der Waals surface area contributed by atoms with Crippen LogP contribution in [0.4, 0.5) is 4.79 Å². The number of fused-ring (bicyclic) bond motifs is 1. The van der Waals surface area contributed by atoms with E-state index < -0.39 is 0 Å². The van der Waals surface area contributed by atoms with Gasteiger partial charge in [-0.3, -0.25) is 18.9 Å². The fourth-order valence-corrected chi connectivity index (χ4v) is 5.16. The lowest BCUT2D eigenvalue weighted by molar-refractivity contribution is -0.122. The number of allylic oxidation sites excluding steroid dienone is 1. The van der Waals surface area contributed by atoms with E-state index in [1.165, 1.54) is 4.90 Å². The summed E-state index contributed by atoms with van der Waals surface area (Å²) in [6.45, 7) is 2.55. The summed E-state index contributed by atoms with van der Waals surface area (Å²) in [4.78, 5) is 30.6. The molecule has 1 fully saturated rings. The molecule has 0 N–H and O–H groups in total. The summed E-state index contributed by atoms with van der Waals surface area (Å²) in [6.07, 6.45) is 7.23. The molecule has 26 heavy (non-hydrogen) atoms. The van der Waals surface area contributed by atoms with Gasteiger partial charge in [0.15, 0.2) is 0 Å². The number of amides is 2. The number of thioether (sulfide) groups is 2. The molecular formula is C18H20BrN3O2S2. The van der Waals surface area contributed by atoms with Gasteiger partial charge in [-0.1, -0.05) is 25.5 Å². The third-order valence-electron chi connectivity index (χ3n) is 3.97. The first kappa shape index (κ1) is 19.5. The number of carbonyl (C=O) groups excluding carboxylic acids is 2. The molecule has 0 aromatic carbocycles. The lowest BCUT2D eigenvalue weighted by atomic mass is 10.3. The first-order valence-corrected chi connectivity index (χ1v) is 11.2. The number of carbonyl (C=O) groups is 2. The number of imide groups is 1. The monoisotopic (exact) mass is 453 g/mol. The molecule has 8 heteroatoms. The fraction of sp³-hybridized carbons (Fsp3) is 0.389. The topological polar surface area (TPSA) is 54.7 Å². The highest BCUT2D eigenvalue weighted by Crippen LogP contribution is 2.31. The van der Waals surface area contributed by atoms with Crippen LogP contribution in [-0.2, 0) is 4.79 Å². The van der Waals surface area contributed by atoms with Crippen molar-refractivity contribution in [1.29, 1.82) is 0 Å². The Morgan fingerprint density at radius 1 is 1.31 bits per heavy atom. The molecule has 2 amide bonds. The van der Waals surface area contributed by atoms with Gasteiger partial charge in [-0.15, -0.1) is 11.8 Å². The van der Waals surface area contributed by atoms with E-state index in [2.05, 4.69) is 38.3 Å². The minimum Gasteiger partial charge on any atom is -0.281 e. The van der Waals surface area contributed by atoms with Crippen molar-refractivity contribution in [1.82, 2.24) is 14.3 Å². The van der Waals surface area contributed by atoms with Crippen LogP contribution in [0.1, 0.15) is 32.6 Å². The lowest BCUT2D eigenvalue weighted by Gasteiger charge is -2.12. The molecule has 1 aliphatic rings. The van der Waals surface area contributed by atoms with Crippen LogP contribution in [0.15, 0.2) is 45.0 Å². The van der Waals surface area contributed by atoms with Crippen LogP contribution in [0.3, 0.4) is 0 Å². The summed E-state index contributed by atoms with van der Waals surface area (Å²) in [5.74, 6) is 0.791. The Morgan fingerprint density at radius 2 is 2.15 bits per heavy atom. The molecule has 0 atom stereocenters. The number of rotatable bonds is 8. The summed E-state index contributed by atoms with van der Waals surface area (Å²) in [5.41, 5.74) is 0.915. The molecule has 1 saturated heterocycles. The van der Waals surface area contributed by atoms with Crippen molar-refractivity contribution in [3.8, 4) is 0 Å². The molecule has 3 rings (SSSR count). The molecule has 0 unspecified atom stereocenters. The van der Waals surface area contributed by atoms with Gasteiger partial charge in [-0.25, -0.2) is 4.98 Å². The van der Waals surface area contributed by atoms with Crippen molar-refractivity contribution in [3.63, 3.8) is 0 Å². The normalized spacial score (nSPS) is 16.4. The van der Waals surface area contributed by atoms with E-state index in [-0.39, 0.29) is 11.1 Å². The molecule has 0 radical (unpaired) electrons. The molecule has 3 heterocycles. The predicted octanol–water partition coefficient (Wildman–Crippen LogP) is 5.35. The molecule has 0 saturated carbocycles. The van der Waals surface area contributed by atoms with Crippen molar-refractivity contribution in [2.75, 3.05) is 12.3 Å². The first-order valence-electron chi connectivity index (χ1n) is 8.60. The molecule has 5 nitrogen and oxygen atoms in total. The van der Waals surface area contributed by atoms with Gasteiger partial charge in [0.2, 0.25) is 0 Å². The van der Waals surface area contributed by atoms with Crippen LogP contribution in [0, 0.1) is 0 Å². The summed E-state index contributed by atoms with van der Waals surface area (Å²) in [6, 6.07) is 6.04. The standard InChI is InChI=1S/C18H20BrN3O2S2/c1-2-3-7-13-17(23)21(18(24)26-13)10-4-5-11-25-16-9-6-8-15-20-12-14(19)22(15)16/h6-9,12H,2-5,10-11H2,1H3/b13-7+. The molecule has 2 aromatic heterocycles. The number of aromatic nitrogens is 2. The zero-order valence-corrected chi connectivity index (χ0v) is 17.7. The van der Waals surface area contributed by atoms with E-state index >= 15 is 0 Å². The van der Waals surface area contributed by atoms with E-state index in [1.54, 1.807) is 18.0 Å². The van der Waals surface area contributed by atoms with Crippen molar-refractivity contribution < 1.29 is 9.59 Å². The average molecular weight is 454 g/mol. The van der Waals surface area contributed by atoms with Gasteiger partial charge < -0.3 is 0 Å². The third-order valence-corrected chi connectivity index (χ3v) is 6.59. The molecule has 2 aromatic rings. The minimum atomic E-state index is -0.142. The number of unbranched alkanes of at least 4 members (excludes halogenated alkanes) is 2. The summed E-state index contributed by atoms with van der Waals surface area (Å²) in [5, 5.41) is 0.984. The first-order chi connectivity index (χ1) is 12.6. The maximum Gasteiger partial charge on any atom is 0.293 e. The minimum absolute atomic E-state index is 0.131. The average Bonchev–Trinajstić information content (AvgIpc) is 3.14. The van der Waals surface area contributed by atoms with E-state index in [9.17, 15) is 9.59 Å². The summed E-state index contributed by atoms with van der Waals surface area (Å²) >= 11 is 6.34. The van der Waals surface area contributed by atoms with Crippen LogP contribution >= 0.6 is 39.5 Å². The quantitative estimate of drug-likeness (QED) is 0.306. The Kier molecular flexibility index (Phi) is 6.83. The molecule has 138 valence electrons. The molecule has 1 aliphatic heterocycles. The second-order valence-electron chi connectivity index (χ2n) is 5.88. The Bertz CT molecular complexity index is 850. The maximum absolute atomic E-state index is 12.3. The molecular weight excluding hydrogens is 434 g/mol. The molecule has 0 spiro atoms. The van der Waals surface area contributed by atoms with Gasteiger partial charge in [0, 0.05) is 6.54 Å². The van der Waals surface area contributed by atoms with Crippen LogP contribution in [0.25, 0.3) is 5.65 Å². The largest absolute Gasteiger partial charge is 0.293 e. The van der Waals surface area contributed by atoms with E-state index in [1.807, 2.05) is 18.2 Å². The van der Waals surface area contributed by atoms with Crippen molar-refractivity contribution in [2.24, 2.45) is 0 Å². The summed E-state index contributed by atoms with van der Waals surface area (Å²) in [7, 11) is 0. The SMILES string of the molecule is CCC/C=C1/SC(=O)N(CCCCSc2cccc3ncc(Br)n23)C1=O. The highest BCUT2D eigenvalue weighted by atomic mass is 79.9. The van der Waals surface area contributed by atoms with Crippen LogP contribution < -0.4 is 0 Å². The molecule has 0 bridgehead atoms. The third kappa shape index (κ3) is 4.35.